The molecule has 1 nitrogen and oxygen atoms in total. The maximum atomic E-state index is 12.9. The lowest BCUT2D eigenvalue weighted by Crippen LogP contribution is -2.29. The highest BCUT2D eigenvalue weighted by atomic mass is 32.2. The molecule has 0 spiro atoms. The molecule has 1 fully saturated rings. The number of hydrogen-bond acceptors (Lipinski definition) is 2. The molecular formula is C11H14FNS. The van der Waals surface area contributed by atoms with Crippen LogP contribution in [0.15, 0.2) is 24.3 Å². The van der Waals surface area contributed by atoms with Crippen molar-refractivity contribution in [2.75, 3.05) is 11.5 Å². The molecule has 1 aliphatic rings. The summed E-state index contributed by atoms with van der Waals surface area (Å²) in [5.74, 6) is 2.51. The van der Waals surface area contributed by atoms with Crippen molar-refractivity contribution in [3.8, 4) is 0 Å². The van der Waals surface area contributed by atoms with Crippen LogP contribution in [0.1, 0.15) is 5.56 Å². The van der Waals surface area contributed by atoms with Crippen molar-refractivity contribution in [2.24, 2.45) is 11.7 Å². The lowest BCUT2D eigenvalue weighted by atomic mass is 9.96. The molecule has 0 aliphatic carbocycles. The summed E-state index contributed by atoms with van der Waals surface area (Å²) in [5, 5.41) is 0. The third kappa shape index (κ3) is 2.28. The molecule has 76 valence electrons. The van der Waals surface area contributed by atoms with Gasteiger partial charge in [-0.05, 0) is 35.8 Å². The molecule has 2 atom stereocenters. The predicted octanol–water partition coefficient (Wildman–Crippen LogP) is 2.06. The van der Waals surface area contributed by atoms with Gasteiger partial charge in [0, 0.05) is 11.8 Å². The lowest BCUT2D eigenvalue weighted by Gasteiger charge is -2.13. The van der Waals surface area contributed by atoms with Crippen LogP contribution in [-0.2, 0) is 6.42 Å². The van der Waals surface area contributed by atoms with Crippen LogP contribution in [0.4, 0.5) is 4.39 Å². The number of halogens is 1. The zero-order chi connectivity index (χ0) is 9.97. The van der Waals surface area contributed by atoms with Gasteiger partial charge in [-0.15, -0.1) is 0 Å². The standard InChI is InChI=1S/C11H14FNS/c12-10-3-1-2-8(5-10)4-9-6-14-7-11(9)13/h1-3,5,9,11H,4,6-7,13H2. The molecule has 1 heterocycles. The van der Waals surface area contributed by atoms with E-state index in [9.17, 15) is 4.39 Å². The Labute approximate surface area is 87.9 Å². The summed E-state index contributed by atoms with van der Waals surface area (Å²) in [6, 6.07) is 7.10. The van der Waals surface area contributed by atoms with E-state index in [0.29, 0.717) is 5.92 Å². The summed E-state index contributed by atoms with van der Waals surface area (Å²) < 4.78 is 12.9. The highest BCUT2D eigenvalue weighted by Gasteiger charge is 2.24. The molecule has 1 aromatic carbocycles. The summed E-state index contributed by atoms with van der Waals surface area (Å²) in [4.78, 5) is 0. The maximum absolute atomic E-state index is 12.9. The van der Waals surface area contributed by atoms with Crippen LogP contribution >= 0.6 is 11.8 Å². The molecule has 0 aromatic heterocycles. The minimum atomic E-state index is -0.151. The Balaban J connectivity index is 2.03. The molecule has 1 aromatic rings. The van der Waals surface area contributed by atoms with Gasteiger partial charge < -0.3 is 5.73 Å². The van der Waals surface area contributed by atoms with E-state index in [4.69, 9.17) is 5.73 Å². The van der Waals surface area contributed by atoms with Gasteiger partial charge in [-0.3, -0.25) is 0 Å². The summed E-state index contributed by atoms with van der Waals surface area (Å²) in [7, 11) is 0. The topological polar surface area (TPSA) is 26.0 Å². The number of nitrogens with two attached hydrogens (primary N) is 1. The maximum Gasteiger partial charge on any atom is 0.123 e. The van der Waals surface area contributed by atoms with E-state index in [1.807, 2.05) is 17.8 Å². The van der Waals surface area contributed by atoms with Crippen molar-refractivity contribution in [3.63, 3.8) is 0 Å². The summed E-state index contributed by atoms with van der Waals surface area (Å²) >= 11 is 1.89. The Kier molecular flexibility index (Phi) is 3.08. The van der Waals surface area contributed by atoms with Gasteiger partial charge in [-0.1, -0.05) is 12.1 Å². The van der Waals surface area contributed by atoms with Gasteiger partial charge >= 0.3 is 0 Å². The molecule has 1 aliphatic heterocycles. The fraction of sp³-hybridized carbons (Fsp3) is 0.455. The van der Waals surface area contributed by atoms with Crippen molar-refractivity contribution in [1.29, 1.82) is 0 Å². The van der Waals surface area contributed by atoms with Gasteiger partial charge in [0.2, 0.25) is 0 Å². The largest absolute Gasteiger partial charge is 0.327 e. The van der Waals surface area contributed by atoms with Crippen LogP contribution in [0.3, 0.4) is 0 Å². The Morgan fingerprint density at radius 3 is 2.93 bits per heavy atom. The number of benzene rings is 1. The predicted molar refractivity (Wildman–Crippen MR) is 58.9 cm³/mol. The average Bonchev–Trinajstić information content (AvgIpc) is 2.52. The monoisotopic (exact) mass is 211 g/mol. The SMILES string of the molecule is NC1CSCC1Cc1cccc(F)c1. The second-order valence-corrected chi connectivity index (χ2v) is 4.87. The minimum absolute atomic E-state index is 0.151. The Morgan fingerprint density at radius 1 is 1.43 bits per heavy atom. The van der Waals surface area contributed by atoms with Gasteiger partial charge in [0.05, 0.1) is 0 Å². The van der Waals surface area contributed by atoms with E-state index >= 15 is 0 Å². The first-order valence-electron chi connectivity index (χ1n) is 4.83. The van der Waals surface area contributed by atoms with E-state index in [2.05, 4.69) is 0 Å². The van der Waals surface area contributed by atoms with Gasteiger partial charge in [-0.2, -0.15) is 11.8 Å². The lowest BCUT2D eigenvalue weighted by molar-refractivity contribution is 0.513. The Hall–Kier alpha value is -0.540. The zero-order valence-corrected chi connectivity index (χ0v) is 8.77. The van der Waals surface area contributed by atoms with E-state index in [0.717, 1.165) is 23.5 Å². The Bertz CT molecular complexity index is 316. The molecule has 2 rings (SSSR count). The molecule has 0 saturated carbocycles. The van der Waals surface area contributed by atoms with Gasteiger partial charge in [0.25, 0.3) is 0 Å². The number of thioether (sulfide) groups is 1. The number of hydrogen-bond donors (Lipinski definition) is 1. The zero-order valence-electron chi connectivity index (χ0n) is 7.95. The van der Waals surface area contributed by atoms with Crippen molar-refractivity contribution >= 4 is 11.8 Å². The minimum Gasteiger partial charge on any atom is -0.327 e. The fourth-order valence-electron chi connectivity index (χ4n) is 1.79. The number of rotatable bonds is 2. The van der Waals surface area contributed by atoms with Crippen LogP contribution in [-0.4, -0.2) is 17.5 Å². The van der Waals surface area contributed by atoms with E-state index in [1.54, 1.807) is 12.1 Å². The first-order valence-corrected chi connectivity index (χ1v) is 5.99. The van der Waals surface area contributed by atoms with E-state index < -0.39 is 0 Å². The van der Waals surface area contributed by atoms with Gasteiger partial charge in [0.15, 0.2) is 0 Å². The molecule has 1 saturated heterocycles. The Morgan fingerprint density at radius 2 is 2.29 bits per heavy atom. The molecule has 0 radical (unpaired) electrons. The van der Waals surface area contributed by atoms with Crippen LogP contribution in [0.2, 0.25) is 0 Å². The summed E-state index contributed by atoms with van der Waals surface area (Å²) in [5.41, 5.74) is 7.01. The third-order valence-electron chi connectivity index (χ3n) is 2.63. The molecule has 0 bridgehead atoms. The van der Waals surface area contributed by atoms with Crippen molar-refractivity contribution in [1.82, 2.24) is 0 Å². The summed E-state index contributed by atoms with van der Waals surface area (Å²) in [6.07, 6.45) is 0.909. The van der Waals surface area contributed by atoms with Crippen molar-refractivity contribution in [2.45, 2.75) is 12.5 Å². The second-order valence-electron chi connectivity index (χ2n) is 3.80. The average molecular weight is 211 g/mol. The first kappa shape index (κ1) is 9.99. The van der Waals surface area contributed by atoms with Crippen LogP contribution < -0.4 is 5.73 Å². The smallest absolute Gasteiger partial charge is 0.123 e. The van der Waals surface area contributed by atoms with Crippen LogP contribution in [0.25, 0.3) is 0 Å². The molecule has 2 N–H and O–H groups in total. The fourth-order valence-corrected chi connectivity index (χ4v) is 3.14. The first-order chi connectivity index (χ1) is 6.75. The van der Waals surface area contributed by atoms with Crippen LogP contribution in [0, 0.1) is 11.7 Å². The molecular weight excluding hydrogens is 197 g/mol. The van der Waals surface area contributed by atoms with Gasteiger partial charge in [-0.25, -0.2) is 4.39 Å². The van der Waals surface area contributed by atoms with Crippen molar-refractivity contribution in [3.05, 3.63) is 35.6 Å². The molecule has 0 amide bonds. The van der Waals surface area contributed by atoms with Gasteiger partial charge in [0.1, 0.15) is 5.82 Å². The third-order valence-corrected chi connectivity index (χ3v) is 3.92. The van der Waals surface area contributed by atoms with E-state index in [-0.39, 0.29) is 11.9 Å². The van der Waals surface area contributed by atoms with Crippen molar-refractivity contribution < 1.29 is 4.39 Å². The summed E-state index contributed by atoms with van der Waals surface area (Å²) in [6.45, 7) is 0. The highest BCUT2D eigenvalue weighted by Crippen LogP contribution is 2.26. The molecule has 14 heavy (non-hydrogen) atoms. The van der Waals surface area contributed by atoms with E-state index in [1.165, 1.54) is 6.07 Å². The normalized spacial score (nSPS) is 26.7. The second kappa shape index (κ2) is 4.32. The highest BCUT2D eigenvalue weighted by molar-refractivity contribution is 7.99. The molecule has 3 heteroatoms. The van der Waals surface area contributed by atoms with Crippen LogP contribution in [0.5, 0.6) is 0 Å². The molecule has 2 unspecified atom stereocenters. The quantitative estimate of drug-likeness (QED) is 0.810.